The van der Waals surface area contributed by atoms with E-state index in [-0.39, 0.29) is 12.7 Å². The fraction of sp³-hybridized carbons (Fsp3) is 0.265. The first-order valence-electron chi connectivity index (χ1n) is 14.2. The maximum atomic E-state index is 14.0. The van der Waals surface area contributed by atoms with Gasteiger partial charge < -0.3 is 19.3 Å². The SMILES string of the molecule is C[C@@H](OC[C@@]1(c2ccccc2)C(O)O[C@H](c2ccccc2)N1C(=O)OCc1ccccc1)c1cc(C(F)(F)F)cc(C(F)(F)F)c1. The molecule has 1 fully saturated rings. The van der Waals surface area contributed by atoms with E-state index in [1.807, 2.05) is 0 Å². The summed E-state index contributed by atoms with van der Waals surface area (Å²) in [6.07, 6.45) is -15.3. The Hall–Kier alpha value is -4.39. The second-order valence-corrected chi connectivity index (χ2v) is 10.7. The largest absolute Gasteiger partial charge is 0.444 e. The van der Waals surface area contributed by atoms with Gasteiger partial charge in [-0.15, -0.1) is 0 Å². The van der Waals surface area contributed by atoms with Crippen molar-refractivity contribution in [3.05, 3.63) is 143 Å². The van der Waals surface area contributed by atoms with Crippen LogP contribution in [0.15, 0.2) is 109 Å². The molecule has 1 heterocycles. The Bertz CT molecular complexity index is 1590. The van der Waals surface area contributed by atoms with Crippen LogP contribution in [0.2, 0.25) is 0 Å². The maximum Gasteiger partial charge on any atom is 0.416 e. The molecule has 5 rings (SSSR count). The Balaban J connectivity index is 1.56. The number of nitrogens with zero attached hydrogens (tertiary/aromatic N) is 1. The van der Waals surface area contributed by atoms with Gasteiger partial charge in [-0.25, -0.2) is 4.79 Å². The van der Waals surface area contributed by atoms with Crippen LogP contribution in [0, 0.1) is 0 Å². The number of alkyl halides is 6. The van der Waals surface area contributed by atoms with E-state index in [9.17, 15) is 36.2 Å². The number of carbonyl (C=O) groups is 1. The third-order valence-electron chi connectivity index (χ3n) is 7.72. The van der Waals surface area contributed by atoms with Crippen LogP contribution in [-0.2, 0) is 38.7 Å². The molecule has 242 valence electrons. The zero-order valence-corrected chi connectivity index (χ0v) is 24.3. The summed E-state index contributed by atoms with van der Waals surface area (Å²) in [5, 5.41) is 11.6. The highest BCUT2D eigenvalue weighted by molar-refractivity contribution is 5.70. The zero-order chi connectivity index (χ0) is 33.1. The molecular formula is C34H29F6NO5. The van der Waals surface area contributed by atoms with Crippen LogP contribution in [0.4, 0.5) is 31.1 Å². The van der Waals surface area contributed by atoms with Gasteiger partial charge in [0.1, 0.15) is 12.1 Å². The normalized spacial score (nSPS) is 20.8. The summed E-state index contributed by atoms with van der Waals surface area (Å²) in [5.41, 5.74) is -3.78. The zero-order valence-electron chi connectivity index (χ0n) is 24.3. The van der Waals surface area contributed by atoms with Gasteiger partial charge in [0.2, 0.25) is 0 Å². The van der Waals surface area contributed by atoms with Gasteiger partial charge in [-0.1, -0.05) is 91.0 Å². The molecule has 4 aromatic rings. The summed E-state index contributed by atoms with van der Waals surface area (Å²) in [7, 11) is 0. The van der Waals surface area contributed by atoms with E-state index in [0.29, 0.717) is 28.8 Å². The molecule has 4 aromatic carbocycles. The lowest BCUT2D eigenvalue weighted by atomic mass is 9.88. The number of amides is 1. The molecule has 0 saturated carbocycles. The first-order valence-corrected chi connectivity index (χ1v) is 14.2. The lowest BCUT2D eigenvalue weighted by Gasteiger charge is -2.40. The standard InChI is InChI=1S/C34H29F6NO5/c1-22(25-17-27(33(35,36)37)19-28(18-25)34(38,39)40)45-21-32(26-15-9-4-10-16-26)30(42)46-29(24-13-7-3-8-14-24)41(32)31(43)44-20-23-11-5-2-6-12-23/h2-19,22,29-30,42H,20-21H2,1H3/t22-,29-,30?,32-/m1/s1. The van der Waals surface area contributed by atoms with Gasteiger partial charge in [0.05, 0.1) is 23.8 Å². The third-order valence-corrected chi connectivity index (χ3v) is 7.72. The van der Waals surface area contributed by atoms with Crippen LogP contribution < -0.4 is 0 Å². The molecule has 1 aliphatic rings. The number of rotatable bonds is 8. The molecule has 12 heteroatoms. The van der Waals surface area contributed by atoms with Crippen molar-refractivity contribution in [1.82, 2.24) is 4.90 Å². The van der Waals surface area contributed by atoms with Crippen molar-refractivity contribution < 1.29 is 50.5 Å². The minimum Gasteiger partial charge on any atom is -0.444 e. The minimum atomic E-state index is -5.06. The Morgan fingerprint density at radius 1 is 0.848 bits per heavy atom. The Kier molecular flexibility index (Phi) is 9.43. The van der Waals surface area contributed by atoms with Gasteiger partial charge in [-0.2, -0.15) is 26.3 Å². The van der Waals surface area contributed by atoms with Crippen molar-refractivity contribution in [3.63, 3.8) is 0 Å². The molecule has 0 radical (unpaired) electrons. The van der Waals surface area contributed by atoms with Gasteiger partial charge in [-0.05, 0) is 41.8 Å². The minimum absolute atomic E-state index is 0.0329. The predicted molar refractivity (Wildman–Crippen MR) is 154 cm³/mol. The molecule has 1 N–H and O–H groups in total. The van der Waals surface area contributed by atoms with Crippen molar-refractivity contribution in [3.8, 4) is 0 Å². The molecule has 0 bridgehead atoms. The van der Waals surface area contributed by atoms with E-state index >= 15 is 0 Å². The molecule has 4 atom stereocenters. The van der Waals surface area contributed by atoms with Gasteiger partial charge >= 0.3 is 18.4 Å². The van der Waals surface area contributed by atoms with E-state index in [1.165, 1.54) is 6.92 Å². The highest BCUT2D eigenvalue weighted by atomic mass is 19.4. The Morgan fingerprint density at radius 2 is 1.37 bits per heavy atom. The fourth-order valence-electron chi connectivity index (χ4n) is 5.31. The second-order valence-electron chi connectivity index (χ2n) is 10.7. The molecule has 1 aliphatic heterocycles. The van der Waals surface area contributed by atoms with Crippen molar-refractivity contribution >= 4 is 6.09 Å². The number of benzene rings is 4. The van der Waals surface area contributed by atoms with Gasteiger partial charge in [0, 0.05) is 5.56 Å². The van der Waals surface area contributed by atoms with Crippen LogP contribution in [0.1, 0.15) is 52.6 Å². The van der Waals surface area contributed by atoms with E-state index in [2.05, 4.69) is 0 Å². The van der Waals surface area contributed by atoms with Crippen molar-refractivity contribution in [2.75, 3.05) is 6.61 Å². The average molecular weight is 646 g/mol. The first kappa shape index (κ1) is 33.0. The van der Waals surface area contributed by atoms with E-state index < -0.39 is 65.9 Å². The van der Waals surface area contributed by atoms with Crippen LogP contribution >= 0.6 is 0 Å². The van der Waals surface area contributed by atoms with Crippen molar-refractivity contribution in [2.45, 2.75) is 50.0 Å². The van der Waals surface area contributed by atoms with Gasteiger partial charge in [0.15, 0.2) is 12.5 Å². The molecule has 6 nitrogen and oxygen atoms in total. The number of carbonyl (C=O) groups excluding carboxylic acids is 1. The second kappa shape index (κ2) is 13.1. The Labute approximate surface area is 260 Å². The summed E-state index contributed by atoms with van der Waals surface area (Å²) in [5.74, 6) is 0. The van der Waals surface area contributed by atoms with Gasteiger partial charge in [0.25, 0.3) is 0 Å². The number of aliphatic hydroxyl groups is 1. The summed E-state index contributed by atoms with van der Waals surface area (Å²) in [4.78, 5) is 15.1. The Morgan fingerprint density at radius 3 is 1.91 bits per heavy atom. The van der Waals surface area contributed by atoms with Gasteiger partial charge in [-0.3, -0.25) is 4.90 Å². The molecule has 0 spiro atoms. The van der Waals surface area contributed by atoms with E-state index in [0.717, 1.165) is 4.90 Å². The highest BCUT2D eigenvalue weighted by Crippen LogP contribution is 2.48. The molecule has 46 heavy (non-hydrogen) atoms. The number of aliphatic hydroxyl groups excluding tert-OH is 1. The van der Waals surface area contributed by atoms with E-state index in [1.54, 1.807) is 91.0 Å². The summed E-state index contributed by atoms with van der Waals surface area (Å²) < 4.78 is 99.2. The fourth-order valence-corrected chi connectivity index (χ4v) is 5.31. The van der Waals surface area contributed by atoms with E-state index in [4.69, 9.17) is 14.2 Å². The van der Waals surface area contributed by atoms with Crippen molar-refractivity contribution in [2.24, 2.45) is 0 Å². The number of halogens is 6. The van der Waals surface area contributed by atoms with Crippen LogP contribution in [0.3, 0.4) is 0 Å². The first-order chi connectivity index (χ1) is 21.8. The maximum absolute atomic E-state index is 14.0. The highest BCUT2D eigenvalue weighted by Gasteiger charge is 2.59. The quantitative estimate of drug-likeness (QED) is 0.195. The summed E-state index contributed by atoms with van der Waals surface area (Å²) in [6.45, 7) is 0.546. The molecule has 0 aromatic heterocycles. The summed E-state index contributed by atoms with van der Waals surface area (Å²) in [6, 6.07) is 26.6. The third kappa shape index (κ3) is 6.88. The van der Waals surface area contributed by atoms with Crippen molar-refractivity contribution in [1.29, 1.82) is 0 Å². The number of ether oxygens (including phenoxy) is 3. The van der Waals surface area contributed by atoms with Crippen LogP contribution in [0.25, 0.3) is 0 Å². The smallest absolute Gasteiger partial charge is 0.416 e. The lowest BCUT2D eigenvalue weighted by molar-refractivity contribution is -0.143. The monoisotopic (exact) mass is 645 g/mol. The molecular weight excluding hydrogens is 616 g/mol. The number of hydrogen-bond donors (Lipinski definition) is 1. The molecule has 1 unspecified atom stereocenters. The predicted octanol–water partition coefficient (Wildman–Crippen LogP) is 8.38. The number of hydrogen-bond acceptors (Lipinski definition) is 5. The summed E-state index contributed by atoms with van der Waals surface area (Å²) >= 11 is 0. The van der Waals surface area contributed by atoms with Crippen LogP contribution in [-0.4, -0.2) is 29.0 Å². The topological polar surface area (TPSA) is 68.2 Å². The molecule has 1 saturated heterocycles. The average Bonchev–Trinajstić information content (AvgIpc) is 3.35. The molecule has 0 aliphatic carbocycles. The molecule has 1 amide bonds. The lowest BCUT2D eigenvalue weighted by Crippen LogP contribution is -2.54. The van der Waals surface area contributed by atoms with Crippen LogP contribution in [0.5, 0.6) is 0 Å².